The summed E-state index contributed by atoms with van der Waals surface area (Å²) in [6.07, 6.45) is 5.54. The summed E-state index contributed by atoms with van der Waals surface area (Å²) in [5.41, 5.74) is 1.48. The molecule has 116 valence electrons. The molecule has 21 heavy (non-hydrogen) atoms. The Bertz CT molecular complexity index is 494. The third kappa shape index (κ3) is 3.09. The van der Waals surface area contributed by atoms with Crippen LogP contribution in [-0.4, -0.2) is 23.9 Å². The van der Waals surface area contributed by atoms with Crippen molar-refractivity contribution >= 4 is 0 Å². The summed E-state index contributed by atoms with van der Waals surface area (Å²) >= 11 is 0. The zero-order valence-corrected chi connectivity index (χ0v) is 13.2. The van der Waals surface area contributed by atoms with Crippen molar-refractivity contribution in [1.29, 1.82) is 0 Å². The smallest absolute Gasteiger partial charge is 0.124 e. The van der Waals surface area contributed by atoms with Gasteiger partial charge in [0.2, 0.25) is 0 Å². The summed E-state index contributed by atoms with van der Waals surface area (Å²) < 4.78 is 6.29. The van der Waals surface area contributed by atoms with Gasteiger partial charge in [0.25, 0.3) is 0 Å². The molecule has 0 radical (unpaired) electrons. The van der Waals surface area contributed by atoms with E-state index in [0.29, 0.717) is 6.04 Å². The van der Waals surface area contributed by atoms with E-state index in [1.165, 1.54) is 24.8 Å². The monoisotopic (exact) mass is 289 g/mol. The predicted octanol–water partition coefficient (Wildman–Crippen LogP) is 3.43. The molecule has 1 aromatic rings. The van der Waals surface area contributed by atoms with Gasteiger partial charge < -0.3 is 15.2 Å². The third-order valence-corrected chi connectivity index (χ3v) is 5.08. The molecule has 1 fully saturated rings. The van der Waals surface area contributed by atoms with Gasteiger partial charge in [-0.25, -0.2) is 0 Å². The van der Waals surface area contributed by atoms with Gasteiger partial charge in [-0.05, 0) is 37.2 Å². The fourth-order valence-corrected chi connectivity index (χ4v) is 3.47. The van der Waals surface area contributed by atoms with Crippen LogP contribution in [0.2, 0.25) is 0 Å². The summed E-state index contributed by atoms with van der Waals surface area (Å²) in [7, 11) is 0. The van der Waals surface area contributed by atoms with Gasteiger partial charge in [0, 0.05) is 31.2 Å². The number of hydrogen-bond acceptors (Lipinski definition) is 3. The quantitative estimate of drug-likeness (QED) is 0.872. The molecule has 3 nitrogen and oxygen atoms in total. The Morgan fingerprint density at radius 1 is 1.33 bits per heavy atom. The Labute approximate surface area is 127 Å². The first kappa shape index (κ1) is 14.9. The van der Waals surface area contributed by atoms with Gasteiger partial charge in [0.15, 0.2) is 0 Å². The summed E-state index contributed by atoms with van der Waals surface area (Å²) in [4.78, 5) is 0. The predicted molar refractivity (Wildman–Crippen MR) is 84.5 cm³/mol. The number of rotatable bonds is 5. The van der Waals surface area contributed by atoms with Crippen molar-refractivity contribution in [3.8, 4) is 5.75 Å². The number of ether oxygens (including phenoxy) is 1. The molecule has 0 bridgehead atoms. The lowest BCUT2D eigenvalue weighted by molar-refractivity contribution is -0.0378. The van der Waals surface area contributed by atoms with Gasteiger partial charge in [0.1, 0.15) is 11.4 Å². The van der Waals surface area contributed by atoms with Crippen LogP contribution in [0, 0.1) is 5.41 Å². The Morgan fingerprint density at radius 2 is 2.10 bits per heavy atom. The molecule has 1 aliphatic carbocycles. The van der Waals surface area contributed by atoms with E-state index >= 15 is 0 Å². The first-order valence-corrected chi connectivity index (χ1v) is 8.16. The van der Waals surface area contributed by atoms with E-state index in [-0.39, 0.29) is 17.6 Å². The highest BCUT2D eigenvalue weighted by Gasteiger charge is 2.45. The highest BCUT2D eigenvalue weighted by Crippen LogP contribution is 2.48. The SMILES string of the molecule is CC(C)(CCO)CNC1CC2(CCC2)Oc2ccccc21. The lowest BCUT2D eigenvalue weighted by Gasteiger charge is -2.48. The summed E-state index contributed by atoms with van der Waals surface area (Å²) in [6.45, 7) is 5.59. The van der Waals surface area contributed by atoms with Gasteiger partial charge >= 0.3 is 0 Å². The van der Waals surface area contributed by atoms with E-state index in [1.54, 1.807) is 0 Å². The van der Waals surface area contributed by atoms with Crippen LogP contribution in [0.5, 0.6) is 5.75 Å². The molecule has 2 aliphatic rings. The molecule has 1 heterocycles. The van der Waals surface area contributed by atoms with Gasteiger partial charge in [-0.3, -0.25) is 0 Å². The minimum Gasteiger partial charge on any atom is -0.487 e. The van der Waals surface area contributed by atoms with E-state index in [9.17, 15) is 5.11 Å². The first-order chi connectivity index (χ1) is 10.0. The Balaban J connectivity index is 1.74. The third-order valence-electron chi connectivity index (χ3n) is 5.08. The van der Waals surface area contributed by atoms with Crippen molar-refractivity contribution in [2.75, 3.05) is 13.2 Å². The Kier molecular flexibility index (Phi) is 3.98. The summed E-state index contributed by atoms with van der Waals surface area (Å²) in [5.74, 6) is 1.06. The van der Waals surface area contributed by atoms with Crippen molar-refractivity contribution in [2.24, 2.45) is 5.41 Å². The molecule has 0 aromatic heterocycles. The molecule has 2 N–H and O–H groups in total. The van der Waals surface area contributed by atoms with Crippen LogP contribution in [0.25, 0.3) is 0 Å². The Morgan fingerprint density at radius 3 is 2.76 bits per heavy atom. The molecule has 1 spiro atoms. The lowest BCUT2D eigenvalue weighted by atomic mass is 9.72. The second-order valence-electron chi connectivity index (χ2n) is 7.45. The standard InChI is InChI=1S/C18H27NO2/c1-17(2,10-11-20)13-19-15-12-18(8-5-9-18)21-16-7-4-3-6-14(15)16/h3-4,6-7,15,19-20H,5,8-13H2,1-2H3. The molecule has 1 aliphatic heterocycles. The fourth-order valence-electron chi connectivity index (χ4n) is 3.47. The van der Waals surface area contributed by atoms with E-state index in [2.05, 4.69) is 43.4 Å². The average molecular weight is 289 g/mol. The number of nitrogens with one attached hydrogen (secondary N) is 1. The summed E-state index contributed by atoms with van der Waals surface area (Å²) in [6, 6.07) is 8.80. The maximum atomic E-state index is 9.18. The molecule has 1 atom stereocenters. The topological polar surface area (TPSA) is 41.5 Å². The van der Waals surface area contributed by atoms with Gasteiger partial charge in [-0.2, -0.15) is 0 Å². The maximum Gasteiger partial charge on any atom is 0.124 e. The zero-order valence-electron chi connectivity index (χ0n) is 13.2. The van der Waals surface area contributed by atoms with E-state index in [1.807, 2.05) is 0 Å². The van der Waals surface area contributed by atoms with Crippen LogP contribution in [0.15, 0.2) is 24.3 Å². The van der Waals surface area contributed by atoms with Crippen molar-refractivity contribution in [2.45, 2.75) is 57.6 Å². The van der Waals surface area contributed by atoms with Crippen molar-refractivity contribution in [3.05, 3.63) is 29.8 Å². The molecular weight excluding hydrogens is 262 g/mol. The fraction of sp³-hybridized carbons (Fsp3) is 0.667. The van der Waals surface area contributed by atoms with Crippen LogP contribution in [0.3, 0.4) is 0 Å². The minimum atomic E-state index is 0.0765. The van der Waals surface area contributed by atoms with Gasteiger partial charge in [0.05, 0.1) is 0 Å². The zero-order chi connectivity index (χ0) is 14.9. The second-order valence-corrected chi connectivity index (χ2v) is 7.45. The molecule has 1 unspecified atom stereocenters. The molecular formula is C18H27NO2. The first-order valence-electron chi connectivity index (χ1n) is 8.16. The molecule has 0 saturated heterocycles. The highest BCUT2D eigenvalue weighted by atomic mass is 16.5. The minimum absolute atomic E-state index is 0.0765. The molecule has 1 aromatic carbocycles. The number of fused-ring (bicyclic) bond motifs is 1. The number of hydrogen-bond donors (Lipinski definition) is 2. The van der Waals surface area contributed by atoms with Crippen LogP contribution in [-0.2, 0) is 0 Å². The number of aliphatic hydroxyl groups is 1. The second kappa shape index (κ2) is 5.62. The highest BCUT2D eigenvalue weighted by molar-refractivity contribution is 5.39. The molecule has 3 heteroatoms. The van der Waals surface area contributed by atoms with E-state index < -0.39 is 0 Å². The Hall–Kier alpha value is -1.06. The maximum absolute atomic E-state index is 9.18. The number of aliphatic hydroxyl groups excluding tert-OH is 1. The van der Waals surface area contributed by atoms with Gasteiger partial charge in [-0.1, -0.05) is 32.0 Å². The number of para-hydroxylation sites is 1. The van der Waals surface area contributed by atoms with E-state index in [0.717, 1.165) is 25.1 Å². The van der Waals surface area contributed by atoms with Crippen LogP contribution < -0.4 is 10.1 Å². The molecule has 0 amide bonds. The lowest BCUT2D eigenvalue weighted by Crippen LogP contribution is -2.49. The largest absolute Gasteiger partial charge is 0.487 e. The summed E-state index contributed by atoms with van der Waals surface area (Å²) in [5, 5.41) is 12.9. The average Bonchev–Trinajstić information content (AvgIpc) is 2.43. The van der Waals surface area contributed by atoms with Crippen LogP contribution >= 0.6 is 0 Å². The van der Waals surface area contributed by atoms with Crippen molar-refractivity contribution < 1.29 is 9.84 Å². The van der Waals surface area contributed by atoms with Crippen LogP contribution in [0.4, 0.5) is 0 Å². The molecule has 1 saturated carbocycles. The molecule has 3 rings (SSSR count). The van der Waals surface area contributed by atoms with Crippen LogP contribution in [0.1, 0.15) is 57.6 Å². The van der Waals surface area contributed by atoms with Crippen molar-refractivity contribution in [1.82, 2.24) is 5.32 Å². The number of benzene rings is 1. The normalized spacial score (nSPS) is 23.3. The van der Waals surface area contributed by atoms with Crippen molar-refractivity contribution in [3.63, 3.8) is 0 Å². The van der Waals surface area contributed by atoms with Gasteiger partial charge in [-0.15, -0.1) is 0 Å². The van der Waals surface area contributed by atoms with E-state index in [4.69, 9.17) is 4.74 Å².